The van der Waals surface area contributed by atoms with Crippen molar-refractivity contribution in [2.24, 2.45) is 0 Å². The van der Waals surface area contributed by atoms with E-state index in [1.807, 2.05) is 58.9 Å². The molecule has 0 radical (unpaired) electrons. The van der Waals surface area contributed by atoms with Crippen molar-refractivity contribution in [2.75, 3.05) is 0 Å². The molecule has 0 amide bonds. The minimum Gasteiger partial charge on any atom is -0.331 e. The third-order valence-corrected chi connectivity index (χ3v) is 10.4. The lowest BCUT2D eigenvalue weighted by atomic mass is 11.8. The maximum Gasteiger partial charge on any atom is 0.445 e. The lowest BCUT2D eigenvalue weighted by Crippen LogP contribution is -2.34. The zero-order valence-electron chi connectivity index (χ0n) is 12.6. The Bertz CT molecular complexity index is 253. The molecule has 4 nitrogen and oxygen atoms in total. The van der Waals surface area contributed by atoms with Crippen LogP contribution in [-0.2, 0) is 17.2 Å². The second kappa shape index (κ2) is 5.40. The molecule has 0 N–H and O–H groups in total. The van der Waals surface area contributed by atoms with Gasteiger partial charge in [0.2, 0.25) is 0 Å². The zero-order chi connectivity index (χ0) is 14.1. The van der Waals surface area contributed by atoms with Crippen molar-refractivity contribution < 1.29 is 17.2 Å². The highest BCUT2D eigenvalue weighted by Gasteiger charge is 2.41. The van der Waals surface area contributed by atoms with Gasteiger partial charge in [0.25, 0.3) is 0 Å². The van der Waals surface area contributed by atoms with Gasteiger partial charge in [0.15, 0.2) is 25.0 Å². The summed E-state index contributed by atoms with van der Waals surface area (Å²) in [6.07, 6.45) is 0. The number of hydrogen-bond acceptors (Lipinski definition) is 4. The van der Waals surface area contributed by atoms with E-state index in [0.717, 1.165) is 0 Å². The minimum absolute atomic E-state index is 1.96. The minimum atomic E-state index is -3.40. The van der Waals surface area contributed by atoms with Crippen LogP contribution < -0.4 is 0 Å². The molecule has 0 aromatic rings. The Labute approximate surface area is 109 Å². The average molecular weight is 315 g/mol. The van der Waals surface area contributed by atoms with E-state index in [2.05, 4.69) is 0 Å². The molecule has 0 aromatic heterocycles. The smallest absolute Gasteiger partial charge is 0.331 e. The summed E-state index contributed by atoms with van der Waals surface area (Å²) in [6, 6.07) is 0. The summed E-state index contributed by atoms with van der Waals surface area (Å²) >= 11 is 0. The van der Waals surface area contributed by atoms with Crippen LogP contribution >= 0.6 is 7.82 Å². The molecule has 104 valence electrons. The van der Waals surface area contributed by atoms with Crippen molar-refractivity contribution in [1.82, 2.24) is 0 Å². The van der Waals surface area contributed by atoms with Crippen molar-refractivity contribution >= 4 is 32.8 Å². The van der Waals surface area contributed by atoms with Gasteiger partial charge in [-0.3, -0.25) is 0 Å². The highest BCUT2D eigenvalue weighted by molar-refractivity contribution is 7.53. The molecule has 0 aliphatic carbocycles. The van der Waals surface area contributed by atoms with Crippen LogP contribution in [0.4, 0.5) is 0 Å². The Balaban J connectivity index is 5.03. The van der Waals surface area contributed by atoms with Crippen LogP contribution in [0.2, 0.25) is 58.9 Å². The maximum absolute atomic E-state index is 12.7. The average Bonchev–Trinajstić information content (AvgIpc) is 1.65. The molecule has 0 heterocycles. The summed E-state index contributed by atoms with van der Waals surface area (Å²) < 4.78 is 29.8. The molecule has 0 saturated heterocycles. The highest BCUT2D eigenvalue weighted by Crippen LogP contribution is 2.55. The molecular formula is C9H27O4PSi3. The summed E-state index contributed by atoms with van der Waals surface area (Å²) in [5.74, 6) is 0. The van der Waals surface area contributed by atoms with Crippen LogP contribution in [0, 0.1) is 0 Å². The maximum atomic E-state index is 12.7. The van der Waals surface area contributed by atoms with Crippen molar-refractivity contribution in [3.05, 3.63) is 0 Å². The largest absolute Gasteiger partial charge is 0.445 e. The monoisotopic (exact) mass is 314 g/mol. The quantitative estimate of drug-likeness (QED) is 0.529. The normalized spacial score (nSPS) is 15.1. The van der Waals surface area contributed by atoms with E-state index in [0.29, 0.717) is 0 Å². The Hall–Kier alpha value is 0.761. The van der Waals surface area contributed by atoms with Gasteiger partial charge in [0.05, 0.1) is 0 Å². The Morgan fingerprint density at radius 3 is 0.882 bits per heavy atom. The van der Waals surface area contributed by atoms with Gasteiger partial charge >= 0.3 is 7.82 Å². The molecule has 0 bridgehead atoms. The molecule has 0 aromatic carbocycles. The van der Waals surface area contributed by atoms with Crippen LogP contribution in [0.25, 0.3) is 0 Å². The first kappa shape index (κ1) is 17.8. The van der Waals surface area contributed by atoms with E-state index in [9.17, 15) is 4.57 Å². The van der Waals surface area contributed by atoms with Crippen LogP contribution in [0.15, 0.2) is 0 Å². The van der Waals surface area contributed by atoms with Gasteiger partial charge in [0.1, 0.15) is 0 Å². The predicted octanol–water partition coefficient (Wildman–Crippen LogP) is 4.65. The summed E-state index contributed by atoms with van der Waals surface area (Å²) in [7, 11) is -9.28. The Morgan fingerprint density at radius 2 is 0.765 bits per heavy atom. The van der Waals surface area contributed by atoms with Gasteiger partial charge < -0.3 is 12.6 Å². The van der Waals surface area contributed by atoms with Crippen molar-refractivity contribution in [1.29, 1.82) is 0 Å². The summed E-state index contributed by atoms with van der Waals surface area (Å²) in [4.78, 5) is 0. The van der Waals surface area contributed by atoms with Crippen molar-refractivity contribution in [3.63, 3.8) is 0 Å². The van der Waals surface area contributed by atoms with Gasteiger partial charge in [-0.25, -0.2) is 4.57 Å². The first-order valence-electron chi connectivity index (χ1n) is 5.84. The Kier molecular flexibility index (Phi) is 5.64. The van der Waals surface area contributed by atoms with E-state index < -0.39 is 32.8 Å². The van der Waals surface area contributed by atoms with E-state index in [1.54, 1.807) is 0 Å². The van der Waals surface area contributed by atoms with E-state index in [1.165, 1.54) is 0 Å². The van der Waals surface area contributed by atoms with Gasteiger partial charge in [-0.2, -0.15) is 0 Å². The van der Waals surface area contributed by atoms with Crippen molar-refractivity contribution in [3.8, 4) is 0 Å². The van der Waals surface area contributed by atoms with Gasteiger partial charge in [-0.15, -0.1) is 0 Å². The number of phosphoric acid groups is 1. The van der Waals surface area contributed by atoms with Crippen LogP contribution in [0.1, 0.15) is 0 Å². The summed E-state index contributed by atoms with van der Waals surface area (Å²) in [6.45, 7) is 17.9. The molecule has 0 spiro atoms. The molecule has 0 unspecified atom stereocenters. The fourth-order valence-corrected chi connectivity index (χ4v) is 10.6. The molecule has 0 aliphatic rings. The van der Waals surface area contributed by atoms with E-state index >= 15 is 0 Å². The lowest BCUT2D eigenvalue weighted by molar-refractivity contribution is 0.293. The van der Waals surface area contributed by atoms with Crippen LogP contribution in [0.3, 0.4) is 0 Å². The highest BCUT2D eigenvalue weighted by atomic mass is 31.2. The number of rotatable bonds is 6. The Morgan fingerprint density at radius 1 is 0.588 bits per heavy atom. The van der Waals surface area contributed by atoms with Crippen LogP contribution in [0.5, 0.6) is 0 Å². The van der Waals surface area contributed by atoms with Crippen molar-refractivity contribution in [2.45, 2.75) is 58.9 Å². The standard InChI is InChI=1S/C9H27O4PSi3/c1-15(2,3)11-14(10,12-16(4,5)6)13-17(7,8)9/h1-9H3. The SMILES string of the molecule is C[Si](C)(C)OP(=O)(O[Si](C)(C)C)O[Si](C)(C)C. The molecule has 0 aliphatic heterocycles. The molecule has 0 fully saturated rings. The second-order valence-corrected chi connectivity index (χ2v) is 22.8. The van der Waals surface area contributed by atoms with Gasteiger partial charge in [-0.05, 0) is 58.9 Å². The third kappa shape index (κ3) is 10.4. The molecule has 0 saturated carbocycles. The first-order valence-corrected chi connectivity index (χ1v) is 17.5. The fourth-order valence-electron chi connectivity index (χ4n) is 1.06. The third-order valence-electron chi connectivity index (χ3n) is 1.16. The van der Waals surface area contributed by atoms with Crippen LogP contribution in [-0.4, -0.2) is 25.0 Å². The summed E-state index contributed by atoms with van der Waals surface area (Å²) in [5.41, 5.74) is 0. The molecule has 0 rings (SSSR count). The lowest BCUT2D eigenvalue weighted by Gasteiger charge is -2.33. The van der Waals surface area contributed by atoms with E-state index in [4.69, 9.17) is 12.6 Å². The molecule has 17 heavy (non-hydrogen) atoms. The van der Waals surface area contributed by atoms with Gasteiger partial charge in [0, 0.05) is 0 Å². The van der Waals surface area contributed by atoms with E-state index in [-0.39, 0.29) is 0 Å². The molecule has 0 atom stereocenters. The number of hydrogen-bond donors (Lipinski definition) is 0. The second-order valence-electron chi connectivity index (χ2n) is 7.06. The first-order chi connectivity index (χ1) is 7.12. The summed E-state index contributed by atoms with van der Waals surface area (Å²) in [5, 5.41) is 0. The molecular weight excluding hydrogens is 287 g/mol. The van der Waals surface area contributed by atoms with Gasteiger partial charge in [-0.1, -0.05) is 0 Å². The predicted molar refractivity (Wildman–Crippen MR) is 80.9 cm³/mol. The zero-order valence-corrected chi connectivity index (χ0v) is 16.5. The molecule has 8 heteroatoms. The topological polar surface area (TPSA) is 44.8 Å². The fraction of sp³-hybridized carbons (Fsp3) is 1.00.